The summed E-state index contributed by atoms with van der Waals surface area (Å²) in [5.41, 5.74) is 7.62. The van der Waals surface area contributed by atoms with E-state index in [1.165, 1.54) is 16.7 Å². The minimum atomic E-state index is -0.226. The maximum absolute atomic E-state index is 5.38. The molecule has 192 valence electrons. The second kappa shape index (κ2) is 9.98. The van der Waals surface area contributed by atoms with Gasteiger partial charge in [0.2, 0.25) is 5.95 Å². The summed E-state index contributed by atoms with van der Waals surface area (Å²) in [5.74, 6) is 0.980. The van der Waals surface area contributed by atoms with E-state index >= 15 is 0 Å². The third kappa shape index (κ3) is 4.03. The van der Waals surface area contributed by atoms with Gasteiger partial charge in [0.05, 0.1) is 22.5 Å². The molecule has 0 radical (unpaired) electrons. The number of rotatable bonds is 4. The molecule has 0 aliphatic carbocycles. The van der Waals surface area contributed by atoms with Gasteiger partial charge in [-0.05, 0) is 51.0 Å². The van der Waals surface area contributed by atoms with Crippen LogP contribution < -0.4 is 4.90 Å². The normalized spacial score (nSPS) is 14.9. The molecule has 1 aliphatic rings. The van der Waals surface area contributed by atoms with Crippen molar-refractivity contribution in [3.63, 3.8) is 0 Å². The van der Waals surface area contributed by atoms with E-state index in [9.17, 15) is 0 Å². The Hall–Kier alpha value is -4.11. The van der Waals surface area contributed by atoms with Crippen molar-refractivity contribution in [2.24, 2.45) is 0 Å². The zero-order chi connectivity index (χ0) is 26.9. The van der Waals surface area contributed by atoms with Crippen LogP contribution in [0.3, 0.4) is 0 Å². The van der Waals surface area contributed by atoms with Gasteiger partial charge >= 0.3 is 0 Å². The largest absolute Gasteiger partial charge is 0.304 e. The molecule has 0 amide bonds. The van der Waals surface area contributed by atoms with Crippen LogP contribution in [-0.4, -0.2) is 15.1 Å². The second-order valence-electron chi connectivity index (χ2n) is 10.5. The van der Waals surface area contributed by atoms with E-state index in [4.69, 9.17) is 4.98 Å². The Kier molecular flexibility index (Phi) is 6.71. The van der Waals surface area contributed by atoms with E-state index in [0.717, 1.165) is 28.6 Å². The molecule has 2 heterocycles. The minimum absolute atomic E-state index is 0.219. The first-order valence-corrected chi connectivity index (χ1v) is 13.6. The number of hydrogen-bond donors (Lipinski definition) is 0. The highest BCUT2D eigenvalue weighted by atomic mass is 15.4. The van der Waals surface area contributed by atoms with E-state index in [1.54, 1.807) is 0 Å². The molecule has 5 aromatic rings. The van der Waals surface area contributed by atoms with Crippen molar-refractivity contribution < 1.29 is 0 Å². The molecule has 1 aromatic heterocycles. The fourth-order valence-electron chi connectivity index (χ4n) is 5.44. The highest BCUT2D eigenvalue weighted by Gasteiger charge is 2.54. The summed E-state index contributed by atoms with van der Waals surface area (Å²) >= 11 is 0. The zero-order valence-corrected chi connectivity index (χ0v) is 23.3. The Morgan fingerprint density at radius 2 is 1.03 bits per heavy atom. The summed E-state index contributed by atoms with van der Waals surface area (Å²) in [6, 6.07) is 40.6. The lowest BCUT2D eigenvalue weighted by atomic mass is 9.81. The number of aromatic nitrogens is 2. The van der Waals surface area contributed by atoms with Crippen LogP contribution in [0.5, 0.6) is 0 Å². The minimum Gasteiger partial charge on any atom is -0.304 e. The molecule has 0 saturated carbocycles. The quantitative estimate of drug-likeness (QED) is 0.245. The van der Waals surface area contributed by atoms with Gasteiger partial charge in [0.1, 0.15) is 0 Å². The summed E-state index contributed by atoms with van der Waals surface area (Å²) in [7, 11) is 0. The lowest BCUT2D eigenvalue weighted by Gasteiger charge is -2.42. The van der Waals surface area contributed by atoms with Crippen molar-refractivity contribution in [3.8, 4) is 33.6 Å². The third-order valence-corrected chi connectivity index (χ3v) is 7.98. The molecule has 0 unspecified atom stereocenters. The molecule has 0 spiro atoms. The van der Waals surface area contributed by atoms with Gasteiger partial charge in [-0.1, -0.05) is 117 Å². The van der Waals surface area contributed by atoms with E-state index in [2.05, 4.69) is 152 Å². The molecule has 0 saturated heterocycles. The second-order valence-corrected chi connectivity index (χ2v) is 10.5. The van der Waals surface area contributed by atoms with Gasteiger partial charge in [-0.3, -0.25) is 0 Å². The lowest BCUT2D eigenvalue weighted by molar-refractivity contribution is 0.249. The number of nitrogens with zero attached hydrogens (tertiary/aromatic N) is 3. The SMILES string of the molecule is CC.CC1(C)N(c2cccc(-c3ccccc3)c2)c2nc(-c3ccccc3)c(-c3ccccc3)n2C1(C)C. The van der Waals surface area contributed by atoms with Crippen molar-refractivity contribution in [3.05, 3.63) is 115 Å². The summed E-state index contributed by atoms with van der Waals surface area (Å²) in [4.78, 5) is 7.81. The summed E-state index contributed by atoms with van der Waals surface area (Å²) in [6.07, 6.45) is 0. The predicted molar refractivity (Wildman–Crippen MR) is 162 cm³/mol. The molecule has 3 nitrogen and oxygen atoms in total. The van der Waals surface area contributed by atoms with Crippen LogP contribution in [-0.2, 0) is 5.54 Å². The highest BCUT2D eigenvalue weighted by molar-refractivity contribution is 5.84. The van der Waals surface area contributed by atoms with Crippen molar-refractivity contribution in [1.29, 1.82) is 0 Å². The van der Waals surface area contributed by atoms with Crippen LogP contribution in [0.2, 0.25) is 0 Å². The van der Waals surface area contributed by atoms with Crippen LogP contribution >= 0.6 is 0 Å². The van der Waals surface area contributed by atoms with Gasteiger partial charge in [0.15, 0.2) is 0 Å². The molecule has 0 atom stereocenters. The smallest absolute Gasteiger partial charge is 0.212 e. The van der Waals surface area contributed by atoms with Crippen LogP contribution in [0.15, 0.2) is 115 Å². The fraction of sp³-hybridized carbons (Fsp3) is 0.229. The van der Waals surface area contributed by atoms with Gasteiger partial charge < -0.3 is 9.47 Å². The number of fused-ring (bicyclic) bond motifs is 1. The highest BCUT2D eigenvalue weighted by Crippen LogP contribution is 2.54. The molecule has 0 N–H and O–H groups in total. The first-order chi connectivity index (χ1) is 18.4. The Morgan fingerprint density at radius 3 is 1.61 bits per heavy atom. The summed E-state index contributed by atoms with van der Waals surface area (Å²) in [6.45, 7) is 13.3. The monoisotopic (exact) mass is 499 g/mol. The van der Waals surface area contributed by atoms with Crippen molar-refractivity contribution in [2.45, 2.75) is 52.6 Å². The van der Waals surface area contributed by atoms with E-state index in [0.29, 0.717) is 0 Å². The average Bonchev–Trinajstić information content (AvgIpc) is 3.42. The van der Waals surface area contributed by atoms with Crippen molar-refractivity contribution >= 4 is 11.6 Å². The van der Waals surface area contributed by atoms with Gasteiger partial charge in [0, 0.05) is 16.8 Å². The summed E-state index contributed by atoms with van der Waals surface area (Å²) < 4.78 is 2.46. The third-order valence-electron chi connectivity index (χ3n) is 7.98. The standard InChI is InChI=1S/C33H31N3.C2H6/c1-32(2)33(3,4)36-30(26-19-12-7-13-20-26)29(25-17-10-6-11-18-25)34-31(36)35(32)28-22-14-21-27(23-28)24-15-8-5-9-16-24;1-2/h5-23H,1-4H3;1-2H3. The van der Waals surface area contributed by atoms with Crippen LogP contribution in [0.1, 0.15) is 41.5 Å². The molecule has 4 aromatic carbocycles. The fourth-order valence-corrected chi connectivity index (χ4v) is 5.44. The number of imidazole rings is 1. The van der Waals surface area contributed by atoms with E-state index in [-0.39, 0.29) is 11.1 Å². The topological polar surface area (TPSA) is 21.1 Å². The Balaban J connectivity index is 0.00000144. The van der Waals surface area contributed by atoms with Crippen molar-refractivity contribution in [2.75, 3.05) is 4.90 Å². The molecular weight excluding hydrogens is 462 g/mol. The van der Waals surface area contributed by atoms with Crippen molar-refractivity contribution in [1.82, 2.24) is 9.55 Å². The molecule has 1 aliphatic heterocycles. The molecule has 0 fully saturated rings. The molecule has 3 heteroatoms. The Morgan fingerprint density at radius 1 is 0.526 bits per heavy atom. The average molecular weight is 500 g/mol. The maximum Gasteiger partial charge on any atom is 0.212 e. The lowest BCUT2D eigenvalue weighted by Crippen LogP contribution is -2.50. The number of anilines is 2. The van der Waals surface area contributed by atoms with Gasteiger partial charge in [-0.15, -0.1) is 0 Å². The van der Waals surface area contributed by atoms with E-state index in [1.807, 2.05) is 13.8 Å². The number of benzene rings is 4. The van der Waals surface area contributed by atoms with Crippen LogP contribution in [0, 0.1) is 0 Å². The molecule has 6 rings (SSSR count). The van der Waals surface area contributed by atoms with Crippen LogP contribution in [0.4, 0.5) is 11.6 Å². The predicted octanol–water partition coefficient (Wildman–Crippen LogP) is 9.58. The van der Waals surface area contributed by atoms with Gasteiger partial charge in [-0.2, -0.15) is 0 Å². The van der Waals surface area contributed by atoms with Gasteiger partial charge in [-0.25, -0.2) is 4.98 Å². The maximum atomic E-state index is 5.38. The van der Waals surface area contributed by atoms with Gasteiger partial charge in [0.25, 0.3) is 0 Å². The Labute approximate surface area is 227 Å². The van der Waals surface area contributed by atoms with E-state index < -0.39 is 0 Å². The molecule has 38 heavy (non-hydrogen) atoms. The van der Waals surface area contributed by atoms with Crippen LogP contribution in [0.25, 0.3) is 33.6 Å². The number of hydrogen-bond acceptors (Lipinski definition) is 2. The zero-order valence-electron chi connectivity index (χ0n) is 23.3. The first kappa shape index (κ1) is 25.5. The molecule has 0 bridgehead atoms. The first-order valence-electron chi connectivity index (χ1n) is 13.6. The summed E-state index contributed by atoms with van der Waals surface area (Å²) in [5, 5.41) is 0. The molecular formula is C35H37N3. The Bertz CT molecular complexity index is 1510.